The summed E-state index contributed by atoms with van der Waals surface area (Å²) in [5, 5.41) is 1.06. The van der Waals surface area contributed by atoms with Crippen molar-refractivity contribution in [1.29, 1.82) is 0 Å². The third-order valence-corrected chi connectivity index (χ3v) is 4.73. The molecule has 0 bridgehead atoms. The number of aryl methyl sites for hydroxylation is 1. The molecule has 0 atom stereocenters. The number of fused-ring (bicyclic) bond motifs is 3. The van der Waals surface area contributed by atoms with Crippen LogP contribution in [0.4, 0.5) is 0 Å². The molecule has 0 saturated heterocycles. The Kier molecular flexibility index (Phi) is 3.36. The van der Waals surface area contributed by atoms with Gasteiger partial charge in [-0.25, -0.2) is 4.98 Å². The minimum atomic E-state index is 0.844. The standard InChI is InChI=1S/C24H17NO/c1-16-12-13-22-20(14-16)23-24(26-22)19(17-8-4-2-5-9-17)15-21(25-23)18-10-6-3-7-11-18/h2-15H,1H3. The first-order valence-electron chi connectivity index (χ1n) is 8.74. The molecule has 0 spiro atoms. The van der Waals surface area contributed by atoms with Gasteiger partial charge in [-0.05, 0) is 30.7 Å². The first-order valence-corrected chi connectivity index (χ1v) is 8.74. The molecule has 3 aromatic carbocycles. The molecule has 5 aromatic rings. The van der Waals surface area contributed by atoms with Crippen LogP contribution in [-0.4, -0.2) is 4.98 Å². The normalized spacial score (nSPS) is 11.3. The smallest absolute Gasteiger partial charge is 0.161 e. The molecule has 0 aliphatic rings. The van der Waals surface area contributed by atoms with Gasteiger partial charge >= 0.3 is 0 Å². The van der Waals surface area contributed by atoms with Crippen molar-refractivity contribution in [2.75, 3.05) is 0 Å². The number of pyridine rings is 1. The highest BCUT2D eigenvalue weighted by Gasteiger charge is 2.16. The van der Waals surface area contributed by atoms with Crippen molar-refractivity contribution in [2.45, 2.75) is 6.92 Å². The second-order valence-corrected chi connectivity index (χ2v) is 6.57. The largest absolute Gasteiger partial charge is 0.454 e. The Balaban J connectivity index is 1.90. The quantitative estimate of drug-likeness (QED) is 0.362. The molecule has 5 rings (SSSR count). The highest BCUT2D eigenvalue weighted by molar-refractivity contribution is 6.08. The number of furan rings is 1. The summed E-state index contributed by atoms with van der Waals surface area (Å²) >= 11 is 0. The van der Waals surface area contributed by atoms with Crippen LogP contribution < -0.4 is 0 Å². The van der Waals surface area contributed by atoms with Gasteiger partial charge in [0.05, 0.1) is 5.69 Å². The lowest BCUT2D eigenvalue weighted by atomic mass is 10.0. The Morgan fingerprint density at radius 1 is 0.731 bits per heavy atom. The second kappa shape index (κ2) is 5.85. The number of hydrogen-bond donors (Lipinski definition) is 0. The van der Waals surface area contributed by atoms with Crippen molar-refractivity contribution >= 4 is 22.1 Å². The maximum absolute atomic E-state index is 6.22. The Hall–Kier alpha value is -3.39. The van der Waals surface area contributed by atoms with Gasteiger partial charge in [0.25, 0.3) is 0 Å². The topological polar surface area (TPSA) is 26.0 Å². The lowest BCUT2D eigenvalue weighted by molar-refractivity contribution is 0.669. The Morgan fingerprint density at radius 2 is 1.42 bits per heavy atom. The van der Waals surface area contributed by atoms with E-state index < -0.39 is 0 Å². The fourth-order valence-corrected chi connectivity index (χ4v) is 3.44. The summed E-state index contributed by atoms with van der Waals surface area (Å²) in [6, 6.07) is 29.0. The van der Waals surface area contributed by atoms with E-state index in [1.165, 1.54) is 5.56 Å². The summed E-state index contributed by atoms with van der Waals surface area (Å²) in [5.74, 6) is 0. The van der Waals surface area contributed by atoms with E-state index in [0.29, 0.717) is 0 Å². The van der Waals surface area contributed by atoms with Crippen molar-refractivity contribution in [3.8, 4) is 22.4 Å². The average Bonchev–Trinajstić information content (AvgIpc) is 3.06. The van der Waals surface area contributed by atoms with Gasteiger partial charge in [-0.3, -0.25) is 0 Å². The molecule has 0 fully saturated rings. The van der Waals surface area contributed by atoms with Gasteiger partial charge in [-0.2, -0.15) is 0 Å². The molecule has 2 heterocycles. The molecule has 0 aliphatic heterocycles. The van der Waals surface area contributed by atoms with Crippen LogP contribution in [-0.2, 0) is 0 Å². The van der Waals surface area contributed by atoms with Crippen LogP contribution in [0.5, 0.6) is 0 Å². The molecule has 0 N–H and O–H groups in total. The van der Waals surface area contributed by atoms with E-state index in [-0.39, 0.29) is 0 Å². The zero-order valence-corrected chi connectivity index (χ0v) is 14.4. The number of rotatable bonds is 2. The van der Waals surface area contributed by atoms with Crippen molar-refractivity contribution in [3.63, 3.8) is 0 Å². The van der Waals surface area contributed by atoms with E-state index in [0.717, 1.165) is 44.5 Å². The maximum Gasteiger partial charge on any atom is 0.161 e. The SMILES string of the molecule is Cc1ccc2oc3c(-c4ccccc4)cc(-c4ccccc4)nc3c2c1. The van der Waals surface area contributed by atoms with E-state index in [2.05, 4.69) is 61.5 Å². The van der Waals surface area contributed by atoms with E-state index in [1.54, 1.807) is 0 Å². The summed E-state index contributed by atoms with van der Waals surface area (Å²) in [7, 11) is 0. The van der Waals surface area contributed by atoms with Crippen LogP contribution in [0.3, 0.4) is 0 Å². The van der Waals surface area contributed by atoms with Gasteiger partial charge in [0.15, 0.2) is 5.58 Å². The molecule has 2 aromatic heterocycles. The number of nitrogens with zero attached hydrogens (tertiary/aromatic N) is 1. The van der Waals surface area contributed by atoms with Gasteiger partial charge in [0, 0.05) is 16.5 Å². The molecule has 124 valence electrons. The van der Waals surface area contributed by atoms with Crippen molar-refractivity contribution in [1.82, 2.24) is 4.98 Å². The second-order valence-electron chi connectivity index (χ2n) is 6.57. The monoisotopic (exact) mass is 335 g/mol. The van der Waals surface area contributed by atoms with Crippen LogP contribution in [0.25, 0.3) is 44.5 Å². The molecule has 0 unspecified atom stereocenters. The van der Waals surface area contributed by atoms with E-state index >= 15 is 0 Å². The van der Waals surface area contributed by atoms with Gasteiger partial charge in [0.1, 0.15) is 11.1 Å². The minimum Gasteiger partial charge on any atom is -0.454 e. The van der Waals surface area contributed by atoms with Gasteiger partial charge in [-0.1, -0.05) is 72.3 Å². The third-order valence-electron chi connectivity index (χ3n) is 4.73. The Labute approximate surface area is 151 Å². The first kappa shape index (κ1) is 14.9. The molecule has 0 radical (unpaired) electrons. The molecule has 26 heavy (non-hydrogen) atoms. The van der Waals surface area contributed by atoms with Gasteiger partial charge in [0.2, 0.25) is 0 Å². The summed E-state index contributed by atoms with van der Waals surface area (Å²) in [6.07, 6.45) is 0. The van der Waals surface area contributed by atoms with Crippen LogP contribution in [0, 0.1) is 6.92 Å². The van der Waals surface area contributed by atoms with Crippen molar-refractivity contribution in [3.05, 3.63) is 90.5 Å². The third kappa shape index (κ3) is 2.39. The molecule has 2 nitrogen and oxygen atoms in total. The first-order chi connectivity index (χ1) is 12.8. The Bertz CT molecular complexity index is 1220. The van der Waals surface area contributed by atoms with Crippen LogP contribution in [0.2, 0.25) is 0 Å². The fourth-order valence-electron chi connectivity index (χ4n) is 3.44. The van der Waals surface area contributed by atoms with Crippen LogP contribution in [0.15, 0.2) is 89.3 Å². The van der Waals surface area contributed by atoms with E-state index in [1.807, 2.05) is 30.3 Å². The van der Waals surface area contributed by atoms with Gasteiger partial charge in [-0.15, -0.1) is 0 Å². The fraction of sp³-hybridized carbons (Fsp3) is 0.0417. The lowest BCUT2D eigenvalue weighted by Crippen LogP contribution is -1.88. The Morgan fingerprint density at radius 3 is 2.15 bits per heavy atom. The maximum atomic E-state index is 6.22. The number of hydrogen-bond acceptors (Lipinski definition) is 2. The molecule has 0 amide bonds. The zero-order valence-electron chi connectivity index (χ0n) is 14.4. The molecule has 2 heteroatoms. The molecule has 0 aliphatic carbocycles. The number of aromatic nitrogens is 1. The number of benzene rings is 3. The summed E-state index contributed by atoms with van der Waals surface area (Å²) in [4.78, 5) is 4.97. The predicted molar refractivity (Wildman–Crippen MR) is 107 cm³/mol. The van der Waals surface area contributed by atoms with Crippen LogP contribution in [0.1, 0.15) is 5.56 Å². The van der Waals surface area contributed by atoms with Crippen LogP contribution >= 0.6 is 0 Å². The highest BCUT2D eigenvalue weighted by Crippen LogP contribution is 2.37. The predicted octanol–water partition coefficient (Wildman–Crippen LogP) is 6.62. The molecular formula is C24H17NO. The van der Waals surface area contributed by atoms with E-state index in [4.69, 9.17) is 9.40 Å². The van der Waals surface area contributed by atoms with Crippen molar-refractivity contribution in [2.24, 2.45) is 0 Å². The zero-order chi connectivity index (χ0) is 17.5. The van der Waals surface area contributed by atoms with Crippen molar-refractivity contribution < 1.29 is 4.42 Å². The summed E-state index contributed by atoms with van der Waals surface area (Å²) in [5.41, 5.74) is 8.11. The lowest BCUT2D eigenvalue weighted by Gasteiger charge is -2.07. The van der Waals surface area contributed by atoms with E-state index in [9.17, 15) is 0 Å². The average molecular weight is 335 g/mol. The molecule has 0 saturated carbocycles. The minimum absolute atomic E-state index is 0.844. The highest BCUT2D eigenvalue weighted by atomic mass is 16.3. The molecular weight excluding hydrogens is 318 g/mol. The van der Waals surface area contributed by atoms with Gasteiger partial charge < -0.3 is 4.42 Å². The summed E-state index contributed by atoms with van der Waals surface area (Å²) < 4.78 is 6.22. The summed E-state index contributed by atoms with van der Waals surface area (Å²) in [6.45, 7) is 2.09.